The number of thiophene rings is 1. The predicted molar refractivity (Wildman–Crippen MR) is 145 cm³/mol. The molecule has 0 bridgehead atoms. The van der Waals surface area contributed by atoms with Gasteiger partial charge < -0.3 is 15.1 Å². The molecule has 2 N–H and O–H groups in total. The van der Waals surface area contributed by atoms with E-state index in [1.54, 1.807) is 35.9 Å². The highest BCUT2D eigenvalue weighted by molar-refractivity contribution is 7.12. The summed E-state index contributed by atoms with van der Waals surface area (Å²) >= 11 is 1.30. The Morgan fingerprint density at radius 1 is 0.919 bits per heavy atom. The van der Waals surface area contributed by atoms with Crippen molar-refractivity contribution in [2.24, 2.45) is 0 Å². The molecular formula is C29H29N3O4S. The molecule has 0 saturated heterocycles. The van der Waals surface area contributed by atoms with Gasteiger partial charge in [-0.15, -0.1) is 11.3 Å². The summed E-state index contributed by atoms with van der Waals surface area (Å²) in [5, 5.41) is 7.41. The van der Waals surface area contributed by atoms with Crippen molar-refractivity contribution in [1.29, 1.82) is 0 Å². The van der Waals surface area contributed by atoms with Crippen molar-refractivity contribution in [3.8, 4) is 0 Å². The largest absolute Gasteiger partial charge is 0.467 e. The Kier molecular flexibility index (Phi) is 8.20. The average Bonchev–Trinajstić information content (AvgIpc) is 3.61. The van der Waals surface area contributed by atoms with Gasteiger partial charge in [-0.1, -0.05) is 42.0 Å². The first-order valence-corrected chi connectivity index (χ1v) is 12.8. The topological polar surface area (TPSA) is 91.7 Å². The molecule has 3 amide bonds. The number of furan rings is 1. The lowest BCUT2D eigenvalue weighted by molar-refractivity contribution is -0.126. The number of hydrogen-bond donors (Lipinski definition) is 2. The highest BCUT2D eigenvalue weighted by atomic mass is 32.1. The van der Waals surface area contributed by atoms with Crippen LogP contribution in [0.1, 0.15) is 43.7 Å². The Labute approximate surface area is 220 Å². The van der Waals surface area contributed by atoms with Crippen LogP contribution in [-0.2, 0) is 16.1 Å². The summed E-state index contributed by atoms with van der Waals surface area (Å²) in [5.74, 6) is -0.510. The molecule has 7 nitrogen and oxygen atoms in total. The molecule has 4 aromatic rings. The maximum absolute atomic E-state index is 13.7. The van der Waals surface area contributed by atoms with Crippen LogP contribution in [0.2, 0.25) is 0 Å². The Morgan fingerprint density at radius 3 is 2.35 bits per heavy atom. The molecule has 1 atom stereocenters. The molecule has 0 aliphatic heterocycles. The molecule has 0 radical (unpaired) electrons. The number of aryl methyl sites for hydroxylation is 3. The normalized spacial score (nSPS) is 11.5. The van der Waals surface area contributed by atoms with Crippen molar-refractivity contribution >= 4 is 34.7 Å². The van der Waals surface area contributed by atoms with E-state index in [0.29, 0.717) is 21.9 Å². The monoisotopic (exact) mass is 515 g/mol. The Balaban J connectivity index is 1.70. The second kappa shape index (κ2) is 11.7. The van der Waals surface area contributed by atoms with Gasteiger partial charge in [-0.25, -0.2) is 0 Å². The number of amides is 3. The summed E-state index contributed by atoms with van der Waals surface area (Å²) in [4.78, 5) is 42.0. The van der Waals surface area contributed by atoms with Crippen LogP contribution in [0, 0.1) is 20.8 Å². The zero-order valence-corrected chi connectivity index (χ0v) is 21.8. The van der Waals surface area contributed by atoms with Gasteiger partial charge in [0.15, 0.2) is 0 Å². The molecule has 8 heteroatoms. The molecule has 0 aliphatic rings. The van der Waals surface area contributed by atoms with Crippen LogP contribution < -0.4 is 15.5 Å². The summed E-state index contributed by atoms with van der Waals surface area (Å²) < 4.78 is 5.37. The summed E-state index contributed by atoms with van der Waals surface area (Å²) in [6, 6.07) is 19.2. The van der Waals surface area contributed by atoms with E-state index in [1.807, 2.05) is 63.2 Å². The minimum Gasteiger partial charge on any atom is -0.467 e. The second-order valence-electron chi connectivity index (χ2n) is 8.80. The predicted octanol–water partition coefficient (Wildman–Crippen LogP) is 5.09. The third-order valence-electron chi connectivity index (χ3n) is 6.10. The minimum atomic E-state index is -0.969. The molecule has 2 aromatic carbocycles. The van der Waals surface area contributed by atoms with Crippen LogP contribution in [-0.4, -0.2) is 24.3 Å². The van der Waals surface area contributed by atoms with Gasteiger partial charge in [0.25, 0.3) is 5.91 Å². The first kappa shape index (κ1) is 25.9. The molecule has 0 fully saturated rings. The van der Waals surface area contributed by atoms with E-state index in [0.717, 1.165) is 16.7 Å². The molecule has 0 spiro atoms. The number of nitrogens with one attached hydrogen (secondary N) is 2. The van der Waals surface area contributed by atoms with Crippen molar-refractivity contribution in [1.82, 2.24) is 10.6 Å². The first-order chi connectivity index (χ1) is 17.8. The standard InChI is InChI=1S/C29H29N3O4S/c1-19-8-11-22(12-9-19)27(29(35)30-17-24-6-4-14-36-24)32(23-13-10-20(2)21(3)16-23)26(33)18-31-28(34)25-7-5-15-37-25/h4-16,27H,17-18H2,1-3H3,(H,30,35)(H,31,34). The number of nitrogens with zero attached hydrogens (tertiary/aromatic N) is 1. The van der Waals surface area contributed by atoms with E-state index in [9.17, 15) is 14.4 Å². The lowest BCUT2D eigenvalue weighted by atomic mass is 10.0. The molecule has 2 aromatic heterocycles. The number of carbonyl (C=O) groups excluding carboxylic acids is 3. The third kappa shape index (κ3) is 6.34. The van der Waals surface area contributed by atoms with Crippen molar-refractivity contribution < 1.29 is 18.8 Å². The lowest BCUT2D eigenvalue weighted by Gasteiger charge is -2.32. The maximum atomic E-state index is 13.7. The Hall–Kier alpha value is -4.17. The molecule has 0 aliphatic carbocycles. The zero-order chi connectivity index (χ0) is 26.4. The van der Waals surface area contributed by atoms with Gasteiger partial charge in [0.2, 0.25) is 11.8 Å². The summed E-state index contributed by atoms with van der Waals surface area (Å²) in [6.45, 7) is 5.82. The van der Waals surface area contributed by atoms with Gasteiger partial charge in [-0.05, 0) is 73.2 Å². The third-order valence-corrected chi connectivity index (χ3v) is 6.97. The van der Waals surface area contributed by atoms with Gasteiger partial charge in [-0.2, -0.15) is 0 Å². The van der Waals surface area contributed by atoms with Gasteiger partial charge in [0.1, 0.15) is 11.8 Å². The molecular weight excluding hydrogens is 486 g/mol. The number of benzene rings is 2. The van der Waals surface area contributed by atoms with Crippen molar-refractivity contribution in [2.75, 3.05) is 11.4 Å². The van der Waals surface area contributed by atoms with Crippen LogP contribution in [0.4, 0.5) is 5.69 Å². The van der Waals surface area contributed by atoms with Gasteiger partial charge in [0, 0.05) is 5.69 Å². The molecule has 0 saturated carbocycles. The van der Waals surface area contributed by atoms with Gasteiger partial charge in [0.05, 0.1) is 24.2 Å². The second-order valence-corrected chi connectivity index (χ2v) is 9.75. The van der Waals surface area contributed by atoms with Gasteiger partial charge in [-0.3, -0.25) is 19.3 Å². The van der Waals surface area contributed by atoms with Gasteiger partial charge >= 0.3 is 0 Å². The van der Waals surface area contributed by atoms with Crippen LogP contribution >= 0.6 is 11.3 Å². The van der Waals surface area contributed by atoms with E-state index in [1.165, 1.54) is 16.2 Å². The van der Waals surface area contributed by atoms with Crippen molar-refractivity contribution in [2.45, 2.75) is 33.4 Å². The number of anilines is 1. The molecule has 4 rings (SSSR count). The van der Waals surface area contributed by atoms with Crippen LogP contribution in [0.3, 0.4) is 0 Å². The van der Waals surface area contributed by atoms with E-state index in [2.05, 4.69) is 10.6 Å². The number of hydrogen-bond acceptors (Lipinski definition) is 5. The smallest absolute Gasteiger partial charge is 0.261 e. The van der Waals surface area contributed by atoms with Crippen LogP contribution in [0.5, 0.6) is 0 Å². The Bertz CT molecular complexity index is 1360. The average molecular weight is 516 g/mol. The quantitative estimate of drug-likeness (QED) is 0.325. The fourth-order valence-electron chi connectivity index (χ4n) is 3.90. The summed E-state index contributed by atoms with van der Waals surface area (Å²) in [7, 11) is 0. The van der Waals surface area contributed by atoms with E-state index in [-0.39, 0.29) is 24.9 Å². The first-order valence-electron chi connectivity index (χ1n) is 11.9. The summed E-state index contributed by atoms with van der Waals surface area (Å²) in [5.41, 5.74) is 4.30. The van der Waals surface area contributed by atoms with Crippen LogP contribution in [0.25, 0.3) is 0 Å². The van der Waals surface area contributed by atoms with Crippen molar-refractivity contribution in [3.05, 3.63) is 111 Å². The van der Waals surface area contributed by atoms with E-state index in [4.69, 9.17) is 4.42 Å². The van der Waals surface area contributed by atoms with Crippen LogP contribution in [0.15, 0.2) is 82.8 Å². The number of rotatable bonds is 9. The molecule has 1 unspecified atom stereocenters. The van der Waals surface area contributed by atoms with E-state index < -0.39 is 11.9 Å². The molecule has 2 heterocycles. The molecule has 37 heavy (non-hydrogen) atoms. The fourth-order valence-corrected chi connectivity index (χ4v) is 4.54. The fraction of sp³-hybridized carbons (Fsp3) is 0.207. The van der Waals surface area contributed by atoms with E-state index >= 15 is 0 Å². The molecule has 190 valence electrons. The number of carbonyl (C=O) groups is 3. The zero-order valence-electron chi connectivity index (χ0n) is 21.0. The lowest BCUT2D eigenvalue weighted by Crippen LogP contribution is -2.47. The summed E-state index contributed by atoms with van der Waals surface area (Å²) in [6.07, 6.45) is 1.54. The Morgan fingerprint density at radius 2 is 1.70 bits per heavy atom. The minimum absolute atomic E-state index is 0.179. The SMILES string of the molecule is Cc1ccc(C(C(=O)NCc2ccco2)N(C(=O)CNC(=O)c2cccs2)c2ccc(C)c(C)c2)cc1. The highest BCUT2D eigenvalue weighted by Gasteiger charge is 2.33. The van der Waals surface area contributed by atoms with Crippen molar-refractivity contribution in [3.63, 3.8) is 0 Å². The highest BCUT2D eigenvalue weighted by Crippen LogP contribution is 2.30. The maximum Gasteiger partial charge on any atom is 0.261 e.